The van der Waals surface area contributed by atoms with Gasteiger partial charge in [-0.2, -0.15) is 0 Å². The van der Waals surface area contributed by atoms with Gasteiger partial charge in [0.05, 0.1) is 0 Å². The maximum absolute atomic E-state index is 6.11. The van der Waals surface area contributed by atoms with Gasteiger partial charge in [0.25, 0.3) is 0 Å². The van der Waals surface area contributed by atoms with Crippen molar-refractivity contribution in [3.05, 3.63) is 82.2 Å². The Hall–Kier alpha value is -1.93. The topological polar surface area (TPSA) is 26.3 Å². The van der Waals surface area contributed by atoms with E-state index in [0.717, 1.165) is 28.6 Å². The molecule has 3 heteroatoms. The number of aryl methyl sites for hydroxylation is 2. The lowest BCUT2D eigenvalue weighted by molar-refractivity contribution is 0.428. The third-order valence-electron chi connectivity index (χ3n) is 3.27. The van der Waals surface area contributed by atoms with E-state index in [2.05, 4.69) is 0 Å². The fourth-order valence-electron chi connectivity index (χ4n) is 2.37. The van der Waals surface area contributed by atoms with Crippen LogP contribution in [-0.2, 0) is 0 Å². The van der Waals surface area contributed by atoms with Crippen molar-refractivity contribution in [3.63, 3.8) is 0 Å². The zero-order chi connectivity index (χ0) is 14.1. The van der Waals surface area contributed by atoms with E-state index in [9.17, 15) is 0 Å². The van der Waals surface area contributed by atoms with Crippen molar-refractivity contribution in [1.82, 2.24) is 0 Å². The predicted octanol–water partition coefficient (Wildman–Crippen LogP) is 5.32. The van der Waals surface area contributed by atoms with Crippen molar-refractivity contribution >= 4 is 11.6 Å². The number of benzene rings is 1. The van der Waals surface area contributed by atoms with E-state index in [1.807, 2.05) is 62.4 Å². The molecule has 2 nitrogen and oxygen atoms in total. The lowest BCUT2D eigenvalue weighted by atomic mass is 9.94. The summed E-state index contributed by atoms with van der Waals surface area (Å²) in [5, 5.41) is 0.707. The Morgan fingerprint density at radius 2 is 1.45 bits per heavy atom. The SMILES string of the molecule is Cc1ccc(C(c2cccc(Cl)c2)c2ccc(C)o2)o1. The van der Waals surface area contributed by atoms with E-state index in [1.54, 1.807) is 0 Å². The van der Waals surface area contributed by atoms with Crippen molar-refractivity contribution in [2.45, 2.75) is 19.8 Å². The number of halogens is 1. The Kier molecular flexibility index (Phi) is 3.41. The minimum Gasteiger partial charge on any atom is -0.465 e. The predicted molar refractivity (Wildman–Crippen MR) is 79.3 cm³/mol. The van der Waals surface area contributed by atoms with Gasteiger partial charge in [0.15, 0.2) is 0 Å². The second-order valence-corrected chi connectivity index (χ2v) is 5.32. The fourth-order valence-corrected chi connectivity index (χ4v) is 2.57. The Morgan fingerprint density at radius 1 is 0.850 bits per heavy atom. The van der Waals surface area contributed by atoms with Crippen molar-refractivity contribution < 1.29 is 8.83 Å². The molecule has 0 bridgehead atoms. The highest BCUT2D eigenvalue weighted by Crippen LogP contribution is 2.34. The summed E-state index contributed by atoms with van der Waals surface area (Å²) >= 11 is 6.11. The van der Waals surface area contributed by atoms with E-state index >= 15 is 0 Å². The number of hydrogen-bond donors (Lipinski definition) is 0. The van der Waals surface area contributed by atoms with Crippen LogP contribution in [-0.4, -0.2) is 0 Å². The normalized spacial score (nSPS) is 11.2. The molecule has 0 unspecified atom stereocenters. The third-order valence-corrected chi connectivity index (χ3v) is 3.51. The molecule has 3 aromatic rings. The van der Waals surface area contributed by atoms with Crippen LogP contribution in [0.5, 0.6) is 0 Å². The molecule has 0 saturated carbocycles. The molecule has 0 N–H and O–H groups in total. The summed E-state index contributed by atoms with van der Waals surface area (Å²) < 4.78 is 11.6. The summed E-state index contributed by atoms with van der Waals surface area (Å²) in [4.78, 5) is 0. The van der Waals surface area contributed by atoms with Gasteiger partial charge in [0, 0.05) is 5.02 Å². The smallest absolute Gasteiger partial charge is 0.119 e. The van der Waals surface area contributed by atoms with Crippen LogP contribution in [0.2, 0.25) is 5.02 Å². The van der Waals surface area contributed by atoms with Crippen molar-refractivity contribution in [3.8, 4) is 0 Å². The molecule has 0 spiro atoms. The van der Waals surface area contributed by atoms with Gasteiger partial charge in [-0.15, -0.1) is 0 Å². The first-order chi connectivity index (χ1) is 9.63. The molecule has 102 valence electrons. The van der Waals surface area contributed by atoms with Crippen molar-refractivity contribution in [2.75, 3.05) is 0 Å². The van der Waals surface area contributed by atoms with Gasteiger partial charge in [0.1, 0.15) is 29.0 Å². The summed E-state index contributed by atoms with van der Waals surface area (Å²) in [7, 11) is 0. The van der Waals surface area contributed by atoms with Gasteiger partial charge in [-0.1, -0.05) is 23.7 Å². The van der Waals surface area contributed by atoms with Crippen molar-refractivity contribution in [2.24, 2.45) is 0 Å². The second-order valence-electron chi connectivity index (χ2n) is 4.88. The average Bonchev–Trinajstić information content (AvgIpc) is 3.00. The van der Waals surface area contributed by atoms with Crippen LogP contribution in [0.4, 0.5) is 0 Å². The fraction of sp³-hybridized carbons (Fsp3) is 0.176. The second kappa shape index (κ2) is 5.22. The van der Waals surface area contributed by atoms with E-state index in [-0.39, 0.29) is 5.92 Å². The van der Waals surface area contributed by atoms with E-state index in [1.165, 1.54) is 0 Å². The highest BCUT2D eigenvalue weighted by molar-refractivity contribution is 6.30. The Balaban J connectivity index is 2.13. The highest BCUT2D eigenvalue weighted by atomic mass is 35.5. The van der Waals surface area contributed by atoms with Gasteiger partial charge in [-0.05, 0) is 55.8 Å². The lowest BCUT2D eigenvalue weighted by Gasteiger charge is -2.13. The van der Waals surface area contributed by atoms with Crippen LogP contribution in [0.25, 0.3) is 0 Å². The molecule has 0 fully saturated rings. The summed E-state index contributed by atoms with van der Waals surface area (Å²) in [6.45, 7) is 3.87. The minimum absolute atomic E-state index is 0.0731. The number of furan rings is 2. The maximum Gasteiger partial charge on any atom is 0.119 e. The summed E-state index contributed by atoms with van der Waals surface area (Å²) in [6.07, 6.45) is 0. The molecule has 1 aromatic carbocycles. The standard InChI is InChI=1S/C17H15ClO2/c1-11-6-8-15(19-11)17(16-9-7-12(2)20-16)13-4-3-5-14(18)10-13/h3-10,17H,1-2H3. The Bertz CT molecular complexity index is 684. The van der Waals surface area contributed by atoms with Gasteiger partial charge in [-0.25, -0.2) is 0 Å². The van der Waals surface area contributed by atoms with Crippen molar-refractivity contribution in [1.29, 1.82) is 0 Å². The van der Waals surface area contributed by atoms with E-state index < -0.39 is 0 Å². The van der Waals surface area contributed by atoms with Gasteiger partial charge in [0.2, 0.25) is 0 Å². The van der Waals surface area contributed by atoms with E-state index in [4.69, 9.17) is 20.4 Å². The minimum atomic E-state index is -0.0731. The van der Waals surface area contributed by atoms with Gasteiger partial charge in [-0.3, -0.25) is 0 Å². The molecule has 20 heavy (non-hydrogen) atoms. The average molecular weight is 287 g/mol. The van der Waals surface area contributed by atoms with Gasteiger partial charge < -0.3 is 8.83 Å². The quantitative estimate of drug-likeness (QED) is 0.651. The monoisotopic (exact) mass is 286 g/mol. The molecular weight excluding hydrogens is 272 g/mol. The molecule has 0 amide bonds. The molecule has 0 atom stereocenters. The van der Waals surface area contributed by atoms with Gasteiger partial charge >= 0.3 is 0 Å². The summed E-state index contributed by atoms with van der Waals surface area (Å²) in [5.41, 5.74) is 1.06. The number of hydrogen-bond acceptors (Lipinski definition) is 2. The van der Waals surface area contributed by atoms with Crippen LogP contribution >= 0.6 is 11.6 Å². The highest BCUT2D eigenvalue weighted by Gasteiger charge is 2.23. The van der Waals surface area contributed by atoms with Crippen LogP contribution in [0.3, 0.4) is 0 Å². The van der Waals surface area contributed by atoms with Crippen LogP contribution in [0.1, 0.15) is 34.5 Å². The molecule has 0 radical (unpaired) electrons. The van der Waals surface area contributed by atoms with Crippen LogP contribution in [0, 0.1) is 13.8 Å². The first kappa shape index (κ1) is 13.1. The molecule has 3 rings (SSSR count). The molecule has 2 heterocycles. The van der Waals surface area contributed by atoms with Crippen LogP contribution < -0.4 is 0 Å². The zero-order valence-electron chi connectivity index (χ0n) is 11.4. The largest absolute Gasteiger partial charge is 0.465 e. The number of rotatable bonds is 3. The summed E-state index contributed by atoms with van der Waals surface area (Å²) in [6, 6.07) is 15.7. The molecule has 0 aliphatic heterocycles. The Morgan fingerprint density at radius 3 is 1.90 bits per heavy atom. The molecule has 0 aliphatic carbocycles. The first-order valence-electron chi connectivity index (χ1n) is 6.51. The molecular formula is C17H15ClO2. The third kappa shape index (κ3) is 2.52. The van der Waals surface area contributed by atoms with Crippen LogP contribution in [0.15, 0.2) is 57.4 Å². The summed E-state index contributed by atoms with van der Waals surface area (Å²) in [5.74, 6) is 3.42. The van der Waals surface area contributed by atoms with E-state index in [0.29, 0.717) is 5.02 Å². The molecule has 2 aromatic heterocycles. The zero-order valence-corrected chi connectivity index (χ0v) is 12.1. The maximum atomic E-state index is 6.11. The first-order valence-corrected chi connectivity index (χ1v) is 6.89. The lowest BCUT2D eigenvalue weighted by Crippen LogP contribution is -2.00. The molecule has 0 saturated heterocycles. The molecule has 0 aliphatic rings. The Labute approximate surface area is 123 Å².